The molecule has 1 aromatic heterocycles. The zero-order valence-electron chi connectivity index (χ0n) is 16.1. The number of benzene rings is 1. The standard InChI is InChI=1S/C21H28ClN5/c1-3-24-21(25-11-8-17-7-10-23-14-16(17)2)26-19-9-12-27(15-19)20-6-4-5-18(22)13-20/h4-7,10,13-14,19H,3,8-9,11-12,15H2,1-2H3,(H2,24,25,26). The molecule has 2 heterocycles. The van der Waals surface area contributed by atoms with Crippen LogP contribution in [0.1, 0.15) is 24.5 Å². The molecule has 1 saturated heterocycles. The Hall–Kier alpha value is -2.27. The van der Waals surface area contributed by atoms with Crippen LogP contribution in [0.2, 0.25) is 5.02 Å². The summed E-state index contributed by atoms with van der Waals surface area (Å²) in [6, 6.07) is 10.5. The van der Waals surface area contributed by atoms with Gasteiger partial charge in [-0.3, -0.25) is 9.98 Å². The molecule has 0 bridgehead atoms. The number of guanidine groups is 1. The van der Waals surface area contributed by atoms with E-state index in [4.69, 9.17) is 16.6 Å². The van der Waals surface area contributed by atoms with Crippen LogP contribution in [0.4, 0.5) is 5.69 Å². The van der Waals surface area contributed by atoms with Crippen LogP contribution in [0.15, 0.2) is 47.7 Å². The van der Waals surface area contributed by atoms with Gasteiger partial charge < -0.3 is 15.5 Å². The van der Waals surface area contributed by atoms with E-state index in [1.165, 1.54) is 16.8 Å². The van der Waals surface area contributed by atoms with Crippen molar-refractivity contribution in [3.05, 3.63) is 58.9 Å². The van der Waals surface area contributed by atoms with E-state index in [0.717, 1.165) is 50.0 Å². The van der Waals surface area contributed by atoms with E-state index in [-0.39, 0.29) is 0 Å². The van der Waals surface area contributed by atoms with Crippen molar-refractivity contribution < 1.29 is 0 Å². The summed E-state index contributed by atoms with van der Waals surface area (Å²) < 4.78 is 0. The maximum atomic E-state index is 6.13. The number of pyridine rings is 1. The quantitative estimate of drug-likeness (QED) is 0.591. The molecule has 0 aliphatic carbocycles. The molecule has 3 rings (SSSR count). The lowest BCUT2D eigenvalue weighted by atomic mass is 10.1. The number of nitrogens with one attached hydrogen (secondary N) is 2. The van der Waals surface area contributed by atoms with Crippen molar-refractivity contribution in [3.8, 4) is 0 Å². The number of hydrogen-bond donors (Lipinski definition) is 2. The fourth-order valence-corrected chi connectivity index (χ4v) is 3.55. The Labute approximate surface area is 166 Å². The van der Waals surface area contributed by atoms with Crippen molar-refractivity contribution in [3.63, 3.8) is 0 Å². The van der Waals surface area contributed by atoms with Crippen molar-refractivity contribution in [2.24, 2.45) is 4.99 Å². The summed E-state index contributed by atoms with van der Waals surface area (Å²) in [6.07, 6.45) is 5.76. The fraction of sp³-hybridized carbons (Fsp3) is 0.429. The van der Waals surface area contributed by atoms with Gasteiger partial charge in [0.2, 0.25) is 0 Å². The van der Waals surface area contributed by atoms with Crippen LogP contribution in [-0.2, 0) is 6.42 Å². The number of rotatable bonds is 6. The second-order valence-corrected chi connectivity index (χ2v) is 7.31. The Morgan fingerprint density at radius 1 is 1.37 bits per heavy atom. The minimum atomic E-state index is 0.379. The van der Waals surface area contributed by atoms with Crippen LogP contribution in [0.5, 0.6) is 0 Å². The van der Waals surface area contributed by atoms with Gasteiger partial charge in [-0.25, -0.2) is 0 Å². The highest BCUT2D eigenvalue weighted by Crippen LogP contribution is 2.23. The van der Waals surface area contributed by atoms with Gasteiger partial charge in [0.05, 0.1) is 0 Å². The Kier molecular flexibility index (Phi) is 6.93. The van der Waals surface area contributed by atoms with E-state index >= 15 is 0 Å². The smallest absolute Gasteiger partial charge is 0.191 e. The molecule has 0 spiro atoms. The van der Waals surface area contributed by atoms with Gasteiger partial charge >= 0.3 is 0 Å². The van der Waals surface area contributed by atoms with E-state index in [9.17, 15) is 0 Å². The molecule has 27 heavy (non-hydrogen) atoms. The minimum absolute atomic E-state index is 0.379. The Morgan fingerprint density at radius 3 is 3.04 bits per heavy atom. The summed E-state index contributed by atoms with van der Waals surface area (Å²) in [6.45, 7) is 7.77. The highest BCUT2D eigenvalue weighted by molar-refractivity contribution is 6.30. The highest BCUT2D eigenvalue weighted by atomic mass is 35.5. The molecular weight excluding hydrogens is 358 g/mol. The Balaban J connectivity index is 1.55. The third-order valence-electron chi connectivity index (χ3n) is 4.83. The van der Waals surface area contributed by atoms with Crippen LogP contribution < -0.4 is 15.5 Å². The molecule has 5 nitrogen and oxygen atoms in total. The van der Waals surface area contributed by atoms with Crippen molar-refractivity contribution in [1.82, 2.24) is 15.6 Å². The molecule has 1 aliphatic rings. The van der Waals surface area contributed by atoms with Gasteiger partial charge in [0.25, 0.3) is 0 Å². The summed E-state index contributed by atoms with van der Waals surface area (Å²) in [5, 5.41) is 7.73. The highest BCUT2D eigenvalue weighted by Gasteiger charge is 2.23. The molecule has 1 aromatic carbocycles. The molecule has 1 atom stereocenters. The van der Waals surface area contributed by atoms with Gasteiger partial charge in [-0.05, 0) is 62.1 Å². The molecule has 6 heteroatoms. The first-order chi connectivity index (χ1) is 13.2. The minimum Gasteiger partial charge on any atom is -0.369 e. The third kappa shape index (κ3) is 5.60. The number of aryl methyl sites for hydroxylation is 1. The first-order valence-electron chi connectivity index (χ1n) is 9.60. The van der Waals surface area contributed by atoms with Gasteiger partial charge in [0.15, 0.2) is 5.96 Å². The van der Waals surface area contributed by atoms with Gasteiger partial charge in [-0.1, -0.05) is 17.7 Å². The fourth-order valence-electron chi connectivity index (χ4n) is 3.37. The predicted octanol–water partition coefficient (Wildman–Crippen LogP) is 3.42. The molecule has 1 aliphatic heterocycles. The van der Waals surface area contributed by atoms with Crippen molar-refractivity contribution >= 4 is 23.2 Å². The van der Waals surface area contributed by atoms with Crippen LogP contribution >= 0.6 is 11.6 Å². The molecule has 1 unspecified atom stereocenters. The first-order valence-corrected chi connectivity index (χ1v) is 9.98. The van der Waals surface area contributed by atoms with Crippen molar-refractivity contribution in [2.75, 3.05) is 31.1 Å². The van der Waals surface area contributed by atoms with Crippen LogP contribution in [0.25, 0.3) is 0 Å². The number of halogens is 1. The van der Waals surface area contributed by atoms with Gasteiger partial charge in [0.1, 0.15) is 0 Å². The second kappa shape index (κ2) is 9.60. The lowest BCUT2D eigenvalue weighted by molar-refractivity contribution is 0.649. The molecule has 2 aromatic rings. The summed E-state index contributed by atoms with van der Waals surface area (Å²) in [7, 11) is 0. The topological polar surface area (TPSA) is 52.6 Å². The maximum Gasteiger partial charge on any atom is 0.191 e. The first kappa shape index (κ1) is 19.5. The van der Waals surface area contributed by atoms with E-state index in [1.54, 1.807) is 0 Å². The number of aliphatic imine (C=N–C) groups is 1. The monoisotopic (exact) mass is 385 g/mol. The van der Waals surface area contributed by atoms with Crippen LogP contribution in [-0.4, -0.2) is 43.2 Å². The molecule has 144 valence electrons. The molecule has 0 amide bonds. The number of hydrogen-bond acceptors (Lipinski definition) is 3. The lowest BCUT2D eigenvalue weighted by Crippen LogP contribution is -2.44. The zero-order chi connectivity index (χ0) is 19.1. The zero-order valence-corrected chi connectivity index (χ0v) is 16.8. The molecule has 0 radical (unpaired) electrons. The van der Waals surface area contributed by atoms with Gasteiger partial charge in [-0.15, -0.1) is 0 Å². The number of anilines is 1. The van der Waals surface area contributed by atoms with Crippen molar-refractivity contribution in [1.29, 1.82) is 0 Å². The van der Waals surface area contributed by atoms with E-state index in [1.807, 2.05) is 30.6 Å². The average Bonchev–Trinajstić information content (AvgIpc) is 3.12. The van der Waals surface area contributed by atoms with E-state index in [0.29, 0.717) is 6.04 Å². The lowest BCUT2D eigenvalue weighted by Gasteiger charge is -2.20. The second-order valence-electron chi connectivity index (χ2n) is 6.87. The summed E-state index contributed by atoms with van der Waals surface area (Å²) in [4.78, 5) is 11.3. The summed E-state index contributed by atoms with van der Waals surface area (Å²) in [5.41, 5.74) is 3.71. The number of aromatic nitrogens is 1. The molecule has 0 saturated carbocycles. The molecule has 1 fully saturated rings. The van der Waals surface area contributed by atoms with Crippen LogP contribution in [0.3, 0.4) is 0 Å². The summed E-state index contributed by atoms with van der Waals surface area (Å²) in [5.74, 6) is 0.891. The molecule has 2 N–H and O–H groups in total. The maximum absolute atomic E-state index is 6.13. The summed E-state index contributed by atoms with van der Waals surface area (Å²) >= 11 is 6.13. The van der Waals surface area contributed by atoms with Crippen LogP contribution in [0, 0.1) is 6.92 Å². The number of nitrogens with zero attached hydrogens (tertiary/aromatic N) is 3. The van der Waals surface area contributed by atoms with E-state index < -0.39 is 0 Å². The van der Waals surface area contributed by atoms with Gasteiger partial charge in [0, 0.05) is 55.3 Å². The molecular formula is C21H28ClN5. The van der Waals surface area contributed by atoms with Crippen molar-refractivity contribution in [2.45, 2.75) is 32.7 Å². The largest absolute Gasteiger partial charge is 0.369 e. The SMILES string of the molecule is CCNC(=NCCc1ccncc1C)NC1CCN(c2cccc(Cl)c2)C1. The average molecular weight is 386 g/mol. The Morgan fingerprint density at radius 2 is 2.26 bits per heavy atom. The van der Waals surface area contributed by atoms with Gasteiger partial charge in [-0.2, -0.15) is 0 Å². The predicted molar refractivity (Wildman–Crippen MR) is 114 cm³/mol. The Bertz CT molecular complexity index is 777. The van der Waals surface area contributed by atoms with E-state index in [2.05, 4.69) is 46.5 Å². The third-order valence-corrected chi connectivity index (χ3v) is 5.07. The normalized spacial score (nSPS) is 17.2.